The van der Waals surface area contributed by atoms with Crippen molar-refractivity contribution in [1.29, 1.82) is 0 Å². The third-order valence-corrected chi connectivity index (χ3v) is 2.73. The molecule has 0 spiro atoms. The van der Waals surface area contributed by atoms with Crippen LogP contribution >= 0.6 is 0 Å². The van der Waals surface area contributed by atoms with Gasteiger partial charge in [0.2, 0.25) is 0 Å². The number of hydrogen-bond acceptors (Lipinski definition) is 3. The third kappa shape index (κ3) is 2.87. The molecule has 1 aromatic carbocycles. The van der Waals surface area contributed by atoms with E-state index in [0.717, 1.165) is 5.56 Å². The van der Waals surface area contributed by atoms with Crippen LogP contribution < -0.4 is 0 Å². The number of aliphatic hydroxyl groups is 1. The van der Waals surface area contributed by atoms with Crippen molar-refractivity contribution in [3.63, 3.8) is 0 Å². The fourth-order valence-electron chi connectivity index (χ4n) is 1.97. The highest BCUT2D eigenvalue weighted by atomic mass is 16.4. The summed E-state index contributed by atoms with van der Waals surface area (Å²) in [7, 11) is 0. The van der Waals surface area contributed by atoms with Gasteiger partial charge in [0.15, 0.2) is 0 Å². The van der Waals surface area contributed by atoms with E-state index in [-0.39, 0.29) is 17.5 Å². The van der Waals surface area contributed by atoms with Gasteiger partial charge >= 0.3 is 11.9 Å². The summed E-state index contributed by atoms with van der Waals surface area (Å²) in [6.45, 7) is 3.39. The summed E-state index contributed by atoms with van der Waals surface area (Å²) < 4.78 is 0. The van der Waals surface area contributed by atoms with Crippen molar-refractivity contribution in [1.82, 2.24) is 0 Å². The fourth-order valence-corrected chi connectivity index (χ4v) is 1.97. The van der Waals surface area contributed by atoms with Gasteiger partial charge in [-0.15, -0.1) is 0 Å². The van der Waals surface area contributed by atoms with E-state index in [0.29, 0.717) is 12.0 Å². The maximum absolute atomic E-state index is 11.3. The third-order valence-electron chi connectivity index (χ3n) is 2.73. The maximum atomic E-state index is 11.3. The highest BCUT2D eigenvalue weighted by Crippen LogP contribution is 2.22. The van der Waals surface area contributed by atoms with Crippen LogP contribution in [0.3, 0.4) is 0 Å². The first-order valence-electron chi connectivity index (χ1n) is 5.67. The Balaban J connectivity index is 3.53. The Kier molecular flexibility index (Phi) is 4.44. The minimum Gasteiger partial charge on any atom is -0.478 e. The normalized spacial score (nSPS) is 12.2. The van der Waals surface area contributed by atoms with Crippen LogP contribution in [-0.2, 0) is 12.8 Å². The lowest BCUT2D eigenvalue weighted by atomic mass is 9.91. The minimum absolute atomic E-state index is 0.131. The van der Waals surface area contributed by atoms with E-state index < -0.39 is 18.0 Å². The Hall–Kier alpha value is -1.88. The van der Waals surface area contributed by atoms with Gasteiger partial charge in [-0.2, -0.15) is 0 Å². The standard InChI is InChI=1S/C13H16O5/c1-3-8-4-5-9(12(15)16)11(13(17)18)10(8)6-7(2)14/h4-5,7,14H,3,6H2,1-2H3,(H,15,16)(H,17,18). The summed E-state index contributed by atoms with van der Waals surface area (Å²) in [4.78, 5) is 22.3. The van der Waals surface area contributed by atoms with E-state index in [4.69, 9.17) is 5.11 Å². The molecule has 0 saturated heterocycles. The predicted molar refractivity (Wildman–Crippen MR) is 65.1 cm³/mol. The first-order valence-corrected chi connectivity index (χ1v) is 5.67. The molecule has 0 bridgehead atoms. The van der Waals surface area contributed by atoms with E-state index >= 15 is 0 Å². The molecule has 0 aliphatic carbocycles. The molecule has 0 radical (unpaired) electrons. The molecule has 18 heavy (non-hydrogen) atoms. The lowest BCUT2D eigenvalue weighted by Gasteiger charge is -2.15. The van der Waals surface area contributed by atoms with Crippen LogP contribution in [0.5, 0.6) is 0 Å². The molecule has 0 heterocycles. The molecule has 0 aliphatic heterocycles. The fraction of sp³-hybridized carbons (Fsp3) is 0.385. The monoisotopic (exact) mass is 252 g/mol. The van der Waals surface area contributed by atoms with Crippen molar-refractivity contribution >= 4 is 11.9 Å². The van der Waals surface area contributed by atoms with Gasteiger partial charge in [-0.3, -0.25) is 0 Å². The Morgan fingerprint density at radius 3 is 2.22 bits per heavy atom. The van der Waals surface area contributed by atoms with Crippen molar-refractivity contribution < 1.29 is 24.9 Å². The molecule has 0 saturated carbocycles. The number of aryl methyl sites for hydroxylation is 1. The topological polar surface area (TPSA) is 94.8 Å². The zero-order valence-electron chi connectivity index (χ0n) is 10.3. The average molecular weight is 252 g/mol. The van der Waals surface area contributed by atoms with Crippen LogP contribution in [-0.4, -0.2) is 33.4 Å². The lowest BCUT2D eigenvalue weighted by molar-refractivity contribution is 0.0649. The van der Waals surface area contributed by atoms with Crippen molar-refractivity contribution in [2.45, 2.75) is 32.8 Å². The summed E-state index contributed by atoms with van der Waals surface area (Å²) in [5.74, 6) is -2.56. The minimum atomic E-state index is -1.28. The predicted octanol–water partition coefficient (Wildman–Crippen LogP) is 1.57. The van der Waals surface area contributed by atoms with Crippen molar-refractivity contribution in [3.05, 3.63) is 34.4 Å². The zero-order valence-corrected chi connectivity index (χ0v) is 10.3. The van der Waals surface area contributed by atoms with Gasteiger partial charge in [-0.25, -0.2) is 9.59 Å². The molecule has 0 fully saturated rings. The smallest absolute Gasteiger partial charge is 0.336 e. The molecular formula is C13H16O5. The number of hydrogen-bond donors (Lipinski definition) is 3. The lowest BCUT2D eigenvalue weighted by Crippen LogP contribution is -2.17. The zero-order chi connectivity index (χ0) is 13.9. The van der Waals surface area contributed by atoms with Crippen LogP contribution in [0.2, 0.25) is 0 Å². The van der Waals surface area contributed by atoms with Crippen molar-refractivity contribution in [2.75, 3.05) is 0 Å². The largest absolute Gasteiger partial charge is 0.478 e. The number of carbonyl (C=O) groups is 2. The first kappa shape index (κ1) is 14.2. The van der Waals surface area contributed by atoms with Crippen LogP contribution in [0.15, 0.2) is 12.1 Å². The van der Waals surface area contributed by atoms with E-state index in [1.807, 2.05) is 6.92 Å². The molecule has 3 N–H and O–H groups in total. The average Bonchev–Trinajstić information content (AvgIpc) is 2.26. The second-order valence-electron chi connectivity index (χ2n) is 4.14. The van der Waals surface area contributed by atoms with Gasteiger partial charge in [0, 0.05) is 0 Å². The Morgan fingerprint density at radius 2 is 1.83 bits per heavy atom. The molecule has 0 aliphatic rings. The summed E-state index contributed by atoms with van der Waals surface area (Å²) in [5, 5.41) is 27.6. The van der Waals surface area contributed by atoms with E-state index in [1.165, 1.54) is 6.07 Å². The highest BCUT2D eigenvalue weighted by Gasteiger charge is 2.22. The molecule has 5 heteroatoms. The van der Waals surface area contributed by atoms with Gasteiger partial charge in [0.1, 0.15) is 0 Å². The summed E-state index contributed by atoms with van der Waals surface area (Å²) in [5.41, 5.74) is 0.691. The summed E-state index contributed by atoms with van der Waals surface area (Å²) in [6.07, 6.45) is -0.00816. The Bertz CT molecular complexity index is 477. The highest BCUT2D eigenvalue weighted by molar-refractivity contribution is 6.03. The van der Waals surface area contributed by atoms with Gasteiger partial charge < -0.3 is 15.3 Å². The van der Waals surface area contributed by atoms with Gasteiger partial charge in [0.25, 0.3) is 0 Å². The number of aliphatic hydroxyl groups excluding tert-OH is 1. The van der Waals surface area contributed by atoms with Crippen molar-refractivity contribution in [3.8, 4) is 0 Å². The van der Waals surface area contributed by atoms with Crippen LogP contribution in [0.4, 0.5) is 0 Å². The second kappa shape index (κ2) is 5.64. The molecule has 5 nitrogen and oxygen atoms in total. The number of rotatable bonds is 5. The number of carboxylic acid groups (broad SMARTS) is 2. The Labute approximate surface area is 105 Å². The molecule has 98 valence electrons. The molecule has 1 aromatic rings. The van der Waals surface area contributed by atoms with Gasteiger partial charge in [0.05, 0.1) is 17.2 Å². The number of benzene rings is 1. The molecule has 1 atom stereocenters. The summed E-state index contributed by atoms with van der Waals surface area (Å²) in [6, 6.07) is 2.91. The van der Waals surface area contributed by atoms with Crippen LogP contribution in [0.1, 0.15) is 45.7 Å². The van der Waals surface area contributed by atoms with Crippen molar-refractivity contribution in [2.24, 2.45) is 0 Å². The van der Waals surface area contributed by atoms with E-state index in [2.05, 4.69) is 0 Å². The molecule has 0 aromatic heterocycles. The first-order chi connectivity index (χ1) is 8.38. The van der Waals surface area contributed by atoms with Crippen LogP contribution in [0, 0.1) is 0 Å². The van der Waals surface area contributed by atoms with E-state index in [1.54, 1.807) is 13.0 Å². The SMILES string of the molecule is CCc1ccc(C(=O)O)c(C(=O)O)c1CC(C)O. The maximum Gasteiger partial charge on any atom is 0.336 e. The van der Waals surface area contributed by atoms with Gasteiger partial charge in [-0.05, 0) is 37.0 Å². The Morgan fingerprint density at radius 1 is 1.22 bits per heavy atom. The molecule has 1 rings (SSSR count). The second-order valence-corrected chi connectivity index (χ2v) is 4.14. The van der Waals surface area contributed by atoms with Crippen LogP contribution in [0.25, 0.3) is 0 Å². The summed E-state index contributed by atoms with van der Waals surface area (Å²) >= 11 is 0. The van der Waals surface area contributed by atoms with Gasteiger partial charge in [-0.1, -0.05) is 13.0 Å². The quantitative estimate of drug-likeness (QED) is 0.739. The van der Waals surface area contributed by atoms with E-state index in [9.17, 15) is 19.8 Å². The number of aromatic carboxylic acids is 2. The molecule has 1 unspecified atom stereocenters. The molecule has 0 amide bonds. The molecular weight excluding hydrogens is 236 g/mol. The number of carboxylic acids is 2.